The number of hydrogen-bond donors (Lipinski definition) is 0. The molecule has 3 aliphatic rings. The van der Waals surface area contributed by atoms with Crippen LogP contribution in [0.4, 0.5) is 0 Å². The Bertz CT molecular complexity index is 1130. The van der Waals surface area contributed by atoms with Gasteiger partial charge in [0.1, 0.15) is 11.6 Å². The van der Waals surface area contributed by atoms with Gasteiger partial charge < -0.3 is 18.6 Å². The van der Waals surface area contributed by atoms with E-state index in [2.05, 4.69) is 6.92 Å². The van der Waals surface area contributed by atoms with E-state index in [1.807, 2.05) is 26.8 Å². The smallest absolute Gasteiger partial charge is 0.309 e. The molecule has 1 aromatic rings. The zero-order valence-electron chi connectivity index (χ0n) is 22.8. The number of furan rings is 1. The number of ether oxygens (including phenoxy) is 3. The second-order valence-electron chi connectivity index (χ2n) is 11.8. The molecule has 2 bridgehead atoms. The Labute approximate surface area is 218 Å². The zero-order chi connectivity index (χ0) is 27.3. The molecule has 202 valence electrons. The SMILES string of the molecule is COC(=O)CC1=C2C[C@@H]3C(=O)C(C)(C)[C@@H](CC(=O)OC)[C@@](C)(C3=O)[C@@H]2CC[C@@]1(C)[C@@H](OC)c1ccoc1. The standard InChI is InChI=1S/C29H38O8/c1-27(2)21(14-23(31)35-6)29(4)19-8-10-28(3,26(36-7)16-9-11-37-15-16)20(13-22(30)34-5)17(19)12-18(24(27)32)25(29)33/h9,11,15,18-19,21,26H,8,10,12-14H2,1-7H3/t18-,19-,21-,26+,28-,29+/m1/s1. The molecule has 0 amide bonds. The van der Waals surface area contributed by atoms with Crippen LogP contribution in [0.5, 0.6) is 0 Å². The van der Waals surface area contributed by atoms with Gasteiger partial charge in [-0.25, -0.2) is 0 Å². The van der Waals surface area contributed by atoms with Crippen molar-refractivity contribution in [3.05, 3.63) is 35.3 Å². The maximum atomic E-state index is 14.0. The minimum Gasteiger partial charge on any atom is -0.472 e. The van der Waals surface area contributed by atoms with Crippen molar-refractivity contribution in [1.29, 1.82) is 0 Å². The first-order valence-corrected chi connectivity index (χ1v) is 12.9. The molecule has 8 heteroatoms. The first-order chi connectivity index (χ1) is 17.4. The van der Waals surface area contributed by atoms with Gasteiger partial charge in [0, 0.05) is 28.9 Å². The predicted molar refractivity (Wildman–Crippen MR) is 133 cm³/mol. The molecular formula is C29H38O8. The Kier molecular flexibility index (Phi) is 7.03. The molecule has 0 unspecified atom stereocenters. The number of rotatable bonds is 7. The molecule has 0 aliphatic heterocycles. The minimum absolute atomic E-state index is 0.0205. The average molecular weight is 515 g/mol. The van der Waals surface area contributed by atoms with E-state index in [4.69, 9.17) is 18.6 Å². The van der Waals surface area contributed by atoms with E-state index in [0.29, 0.717) is 12.8 Å². The number of esters is 2. The van der Waals surface area contributed by atoms with Gasteiger partial charge in [-0.2, -0.15) is 0 Å². The number of carbonyl (C=O) groups excluding carboxylic acids is 4. The molecule has 1 aromatic heterocycles. The summed E-state index contributed by atoms with van der Waals surface area (Å²) >= 11 is 0. The molecule has 4 rings (SSSR count). The second-order valence-corrected chi connectivity index (χ2v) is 11.8. The molecule has 2 saturated carbocycles. The van der Waals surface area contributed by atoms with Crippen LogP contribution in [0.2, 0.25) is 0 Å². The summed E-state index contributed by atoms with van der Waals surface area (Å²) in [6, 6.07) is 1.85. The van der Waals surface area contributed by atoms with Crippen LogP contribution in [-0.2, 0) is 33.4 Å². The number of hydrogen-bond acceptors (Lipinski definition) is 8. The monoisotopic (exact) mass is 514 g/mol. The van der Waals surface area contributed by atoms with Crippen LogP contribution < -0.4 is 0 Å². The zero-order valence-corrected chi connectivity index (χ0v) is 22.8. The van der Waals surface area contributed by atoms with Crippen molar-refractivity contribution in [3.8, 4) is 0 Å². The topological polar surface area (TPSA) is 109 Å². The summed E-state index contributed by atoms with van der Waals surface area (Å²) in [5.41, 5.74) is 0.241. The van der Waals surface area contributed by atoms with Crippen molar-refractivity contribution in [3.63, 3.8) is 0 Å². The van der Waals surface area contributed by atoms with E-state index in [-0.39, 0.29) is 42.7 Å². The summed E-state index contributed by atoms with van der Waals surface area (Å²) in [5, 5.41) is 0. The maximum absolute atomic E-state index is 14.0. The number of Topliss-reactive ketones (excluding diaryl/α,β-unsaturated/α-hetero) is 2. The van der Waals surface area contributed by atoms with Crippen LogP contribution in [0.1, 0.15) is 71.5 Å². The van der Waals surface area contributed by atoms with E-state index in [9.17, 15) is 19.2 Å². The van der Waals surface area contributed by atoms with Gasteiger partial charge in [0.05, 0.1) is 51.6 Å². The van der Waals surface area contributed by atoms with Gasteiger partial charge in [-0.3, -0.25) is 19.2 Å². The Balaban J connectivity index is 1.94. The van der Waals surface area contributed by atoms with Crippen molar-refractivity contribution in [2.75, 3.05) is 21.3 Å². The summed E-state index contributed by atoms with van der Waals surface area (Å²) in [6.07, 6.45) is 4.42. The van der Waals surface area contributed by atoms with Gasteiger partial charge in [-0.05, 0) is 37.2 Å². The fourth-order valence-electron chi connectivity index (χ4n) is 7.86. The molecule has 2 fully saturated rings. The summed E-state index contributed by atoms with van der Waals surface area (Å²) in [5.74, 6) is -2.64. The molecule has 3 aliphatic carbocycles. The number of carbonyl (C=O) groups is 4. The largest absolute Gasteiger partial charge is 0.472 e. The van der Waals surface area contributed by atoms with E-state index < -0.39 is 40.2 Å². The Hall–Kier alpha value is -2.74. The quantitative estimate of drug-likeness (QED) is 0.294. The summed E-state index contributed by atoms with van der Waals surface area (Å²) in [4.78, 5) is 53.0. The van der Waals surface area contributed by atoms with Crippen molar-refractivity contribution in [1.82, 2.24) is 0 Å². The van der Waals surface area contributed by atoms with E-state index in [1.54, 1.807) is 19.6 Å². The van der Waals surface area contributed by atoms with Crippen molar-refractivity contribution in [2.24, 2.45) is 34.0 Å². The molecule has 0 saturated heterocycles. The van der Waals surface area contributed by atoms with Crippen LogP contribution in [0.25, 0.3) is 0 Å². The van der Waals surface area contributed by atoms with Gasteiger partial charge in [0.25, 0.3) is 0 Å². The van der Waals surface area contributed by atoms with Crippen LogP contribution in [0.3, 0.4) is 0 Å². The van der Waals surface area contributed by atoms with Crippen LogP contribution in [-0.4, -0.2) is 44.8 Å². The van der Waals surface area contributed by atoms with Crippen LogP contribution >= 0.6 is 0 Å². The third-order valence-electron chi connectivity index (χ3n) is 9.80. The number of allylic oxidation sites excluding steroid dienone is 1. The minimum atomic E-state index is -0.954. The Morgan fingerprint density at radius 3 is 2.30 bits per heavy atom. The van der Waals surface area contributed by atoms with Crippen molar-refractivity contribution < 1.29 is 37.8 Å². The van der Waals surface area contributed by atoms with Gasteiger partial charge in [0.2, 0.25) is 0 Å². The number of methoxy groups -OCH3 is 3. The van der Waals surface area contributed by atoms with Crippen molar-refractivity contribution in [2.45, 2.75) is 65.9 Å². The molecule has 37 heavy (non-hydrogen) atoms. The Morgan fingerprint density at radius 1 is 1.05 bits per heavy atom. The molecule has 1 heterocycles. The molecule has 0 spiro atoms. The molecule has 8 nitrogen and oxygen atoms in total. The summed E-state index contributed by atoms with van der Waals surface area (Å²) < 4.78 is 21.4. The lowest BCUT2D eigenvalue weighted by Gasteiger charge is -2.60. The summed E-state index contributed by atoms with van der Waals surface area (Å²) in [7, 11) is 4.31. The molecule has 0 N–H and O–H groups in total. The maximum Gasteiger partial charge on any atom is 0.309 e. The first kappa shape index (κ1) is 27.3. The third-order valence-corrected chi connectivity index (χ3v) is 9.80. The fraction of sp³-hybridized carbons (Fsp3) is 0.655. The van der Waals surface area contributed by atoms with Gasteiger partial charge in [-0.1, -0.05) is 38.8 Å². The number of fused-ring (bicyclic) bond motifs is 4. The highest BCUT2D eigenvalue weighted by atomic mass is 16.5. The summed E-state index contributed by atoms with van der Waals surface area (Å²) in [6.45, 7) is 7.67. The second kappa shape index (κ2) is 9.53. The highest BCUT2D eigenvalue weighted by Gasteiger charge is 2.67. The predicted octanol–water partition coefficient (Wildman–Crippen LogP) is 4.63. The lowest BCUT2D eigenvalue weighted by molar-refractivity contribution is -0.171. The van der Waals surface area contributed by atoms with Gasteiger partial charge >= 0.3 is 11.9 Å². The fourth-order valence-corrected chi connectivity index (χ4v) is 7.86. The molecule has 0 radical (unpaired) electrons. The van der Waals surface area contributed by atoms with Crippen LogP contribution in [0, 0.1) is 34.0 Å². The van der Waals surface area contributed by atoms with E-state index >= 15 is 0 Å². The highest BCUT2D eigenvalue weighted by molar-refractivity contribution is 6.11. The molecule has 6 atom stereocenters. The van der Waals surface area contributed by atoms with Crippen LogP contribution in [0.15, 0.2) is 34.2 Å². The lowest BCUT2D eigenvalue weighted by atomic mass is 9.41. The van der Waals surface area contributed by atoms with Gasteiger partial charge in [-0.15, -0.1) is 0 Å². The van der Waals surface area contributed by atoms with E-state index in [1.165, 1.54) is 14.2 Å². The van der Waals surface area contributed by atoms with Gasteiger partial charge in [0.15, 0.2) is 0 Å². The molecular weight excluding hydrogens is 476 g/mol. The lowest BCUT2D eigenvalue weighted by Crippen LogP contribution is -2.64. The molecule has 0 aromatic carbocycles. The highest BCUT2D eigenvalue weighted by Crippen LogP contribution is 2.66. The first-order valence-electron chi connectivity index (χ1n) is 12.9. The average Bonchev–Trinajstić information content (AvgIpc) is 3.39. The number of ketones is 2. The third kappa shape index (κ3) is 3.99. The normalized spacial score (nSPS) is 33.5. The van der Waals surface area contributed by atoms with E-state index in [0.717, 1.165) is 16.7 Å². The van der Waals surface area contributed by atoms with Crippen molar-refractivity contribution >= 4 is 23.5 Å². The Morgan fingerprint density at radius 2 is 1.73 bits per heavy atom.